The first-order chi connectivity index (χ1) is 18.1. The molecule has 7 heteroatoms. The summed E-state index contributed by atoms with van der Waals surface area (Å²) in [6.45, 7) is 2.30. The molecule has 0 saturated heterocycles. The number of hydrogen-bond donors (Lipinski definition) is 1. The molecule has 2 aromatic carbocycles. The SMILES string of the molecule is CC1=C(C(=O)OCCc2ccccc2)C(c2ccc3c(c2)OCO3)C2=C(CC(c3cccs3)CC2=O)N1. The second-order valence-corrected chi connectivity index (χ2v) is 10.5. The molecule has 1 aliphatic carbocycles. The largest absolute Gasteiger partial charge is 0.462 e. The summed E-state index contributed by atoms with van der Waals surface area (Å²) in [6, 6.07) is 19.7. The van der Waals surface area contributed by atoms with E-state index in [2.05, 4.69) is 11.4 Å². The van der Waals surface area contributed by atoms with Crippen molar-refractivity contribution in [3.8, 4) is 11.5 Å². The van der Waals surface area contributed by atoms with E-state index in [1.165, 1.54) is 4.88 Å². The van der Waals surface area contributed by atoms with Crippen molar-refractivity contribution < 1.29 is 23.8 Å². The van der Waals surface area contributed by atoms with Crippen molar-refractivity contribution >= 4 is 23.1 Å². The van der Waals surface area contributed by atoms with E-state index in [9.17, 15) is 9.59 Å². The predicted octanol–water partition coefficient (Wildman–Crippen LogP) is 5.62. The second kappa shape index (κ2) is 9.90. The molecule has 188 valence electrons. The van der Waals surface area contributed by atoms with Crippen LogP contribution in [-0.2, 0) is 20.7 Å². The number of allylic oxidation sites excluding steroid dienone is 3. The first-order valence-corrected chi connectivity index (χ1v) is 13.3. The van der Waals surface area contributed by atoms with Crippen LogP contribution in [0.2, 0.25) is 0 Å². The van der Waals surface area contributed by atoms with Crippen LogP contribution in [-0.4, -0.2) is 25.2 Å². The molecule has 0 amide bonds. The van der Waals surface area contributed by atoms with Crippen LogP contribution in [0.1, 0.15) is 47.6 Å². The Morgan fingerprint density at radius 1 is 1.05 bits per heavy atom. The zero-order valence-electron chi connectivity index (χ0n) is 20.5. The van der Waals surface area contributed by atoms with E-state index in [4.69, 9.17) is 14.2 Å². The maximum atomic E-state index is 13.7. The number of carbonyl (C=O) groups excluding carboxylic acids is 2. The topological polar surface area (TPSA) is 73.9 Å². The van der Waals surface area contributed by atoms with Gasteiger partial charge in [-0.25, -0.2) is 4.79 Å². The highest BCUT2D eigenvalue weighted by Crippen LogP contribution is 2.47. The van der Waals surface area contributed by atoms with Gasteiger partial charge in [0.05, 0.1) is 12.2 Å². The van der Waals surface area contributed by atoms with Crippen LogP contribution < -0.4 is 14.8 Å². The van der Waals surface area contributed by atoms with Crippen molar-refractivity contribution in [3.63, 3.8) is 0 Å². The van der Waals surface area contributed by atoms with Gasteiger partial charge in [0, 0.05) is 46.5 Å². The fourth-order valence-electron chi connectivity index (χ4n) is 5.44. The van der Waals surface area contributed by atoms with Gasteiger partial charge in [0.15, 0.2) is 17.3 Å². The Morgan fingerprint density at radius 2 is 1.89 bits per heavy atom. The lowest BCUT2D eigenvalue weighted by Gasteiger charge is -2.36. The van der Waals surface area contributed by atoms with Crippen molar-refractivity contribution in [2.24, 2.45) is 0 Å². The zero-order chi connectivity index (χ0) is 25.4. The molecule has 1 aromatic heterocycles. The molecule has 3 aromatic rings. The highest BCUT2D eigenvalue weighted by atomic mass is 32.1. The quantitative estimate of drug-likeness (QED) is 0.431. The number of Topliss-reactive ketones (excluding diaryl/α,β-unsaturated/α-hetero) is 1. The molecule has 6 rings (SSSR count). The third kappa shape index (κ3) is 4.55. The van der Waals surface area contributed by atoms with Gasteiger partial charge in [-0.2, -0.15) is 0 Å². The summed E-state index contributed by atoms with van der Waals surface area (Å²) in [5, 5.41) is 5.46. The minimum Gasteiger partial charge on any atom is -0.462 e. The maximum Gasteiger partial charge on any atom is 0.336 e. The molecule has 2 atom stereocenters. The average molecular weight is 514 g/mol. The van der Waals surface area contributed by atoms with Gasteiger partial charge in [-0.3, -0.25) is 4.79 Å². The van der Waals surface area contributed by atoms with Crippen LogP contribution in [0.4, 0.5) is 0 Å². The van der Waals surface area contributed by atoms with Gasteiger partial charge in [-0.05, 0) is 48.1 Å². The second-order valence-electron chi connectivity index (χ2n) is 9.52. The van der Waals surface area contributed by atoms with Gasteiger partial charge in [0.2, 0.25) is 6.79 Å². The van der Waals surface area contributed by atoms with Crippen LogP contribution in [0.5, 0.6) is 11.5 Å². The molecule has 0 spiro atoms. The normalized spacial score (nSPS) is 20.5. The molecule has 3 aliphatic rings. The van der Waals surface area contributed by atoms with Crippen LogP contribution >= 0.6 is 11.3 Å². The van der Waals surface area contributed by atoms with Gasteiger partial charge in [-0.1, -0.05) is 42.5 Å². The summed E-state index contributed by atoms with van der Waals surface area (Å²) < 4.78 is 16.9. The van der Waals surface area contributed by atoms with Gasteiger partial charge in [0.1, 0.15) is 0 Å². The molecule has 0 fully saturated rings. The van der Waals surface area contributed by atoms with E-state index in [1.807, 2.05) is 66.9 Å². The summed E-state index contributed by atoms with van der Waals surface area (Å²) >= 11 is 1.68. The maximum absolute atomic E-state index is 13.7. The van der Waals surface area contributed by atoms with Crippen molar-refractivity contribution in [2.75, 3.05) is 13.4 Å². The molecule has 0 radical (unpaired) electrons. The molecule has 2 unspecified atom stereocenters. The van der Waals surface area contributed by atoms with E-state index in [0.29, 0.717) is 41.2 Å². The fourth-order valence-corrected chi connectivity index (χ4v) is 6.27. The summed E-state index contributed by atoms with van der Waals surface area (Å²) in [6.07, 6.45) is 1.75. The third-order valence-electron chi connectivity index (χ3n) is 7.19. The monoisotopic (exact) mass is 513 g/mol. The highest BCUT2D eigenvalue weighted by Gasteiger charge is 2.42. The number of benzene rings is 2. The summed E-state index contributed by atoms with van der Waals surface area (Å²) in [4.78, 5) is 28.4. The van der Waals surface area contributed by atoms with Gasteiger partial charge < -0.3 is 19.5 Å². The lowest BCUT2D eigenvalue weighted by atomic mass is 9.72. The first kappa shape index (κ1) is 23.6. The molecule has 2 aliphatic heterocycles. The molecule has 0 saturated carbocycles. The standard InChI is InChI=1S/C30H27NO5S/c1-18-27(30(33)34-12-11-19-6-3-2-4-7-19)28(20-9-10-24-25(16-20)36-17-35-24)29-22(31-18)14-21(15-23(29)32)26-8-5-13-37-26/h2-10,13,16,21,28,31H,11-12,14-15,17H2,1H3. The number of ketones is 1. The molecular weight excluding hydrogens is 486 g/mol. The van der Waals surface area contributed by atoms with Gasteiger partial charge in [0.25, 0.3) is 0 Å². The average Bonchev–Trinajstić information content (AvgIpc) is 3.60. The number of fused-ring (bicyclic) bond motifs is 1. The zero-order valence-corrected chi connectivity index (χ0v) is 21.3. The lowest BCUT2D eigenvalue weighted by Crippen LogP contribution is -2.36. The first-order valence-electron chi connectivity index (χ1n) is 12.5. The highest BCUT2D eigenvalue weighted by molar-refractivity contribution is 7.10. The van der Waals surface area contributed by atoms with Crippen molar-refractivity contribution in [2.45, 2.75) is 38.0 Å². The molecule has 6 nitrogen and oxygen atoms in total. The van der Waals surface area contributed by atoms with Crippen LogP contribution in [0.3, 0.4) is 0 Å². The molecular formula is C30H27NO5S. The summed E-state index contributed by atoms with van der Waals surface area (Å²) in [7, 11) is 0. The minimum absolute atomic E-state index is 0.0527. The number of hydrogen-bond acceptors (Lipinski definition) is 7. The Hall–Kier alpha value is -3.84. The third-order valence-corrected chi connectivity index (χ3v) is 8.22. The Kier molecular flexibility index (Phi) is 6.30. The Morgan fingerprint density at radius 3 is 2.70 bits per heavy atom. The van der Waals surface area contributed by atoms with Crippen LogP contribution in [0.25, 0.3) is 0 Å². The summed E-state index contributed by atoms with van der Waals surface area (Å²) in [5.74, 6) is 0.509. The van der Waals surface area contributed by atoms with Crippen molar-refractivity contribution in [1.29, 1.82) is 0 Å². The van der Waals surface area contributed by atoms with Crippen molar-refractivity contribution in [1.82, 2.24) is 5.32 Å². The Bertz CT molecular complexity index is 1410. The van der Waals surface area contributed by atoms with Crippen molar-refractivity contribution in [3.05, 3.63) is 105 Å². The van der Waals surface area contributed by atoms with E-state index in [-0.39, 0.29) is 25.1 Å². The van der Waals surface area contributed by atoms with Gasteiger partial charge in [-0.15, -0.1) is 11.3 Å². The molecule has 3 heterocycles. The molecule has 1 N–H and O–H groups in total. The number of dihydropyridines is 1. The Balaban J connectivity index is 1.34. The smallest absolute Gasteiger partial charge is 0.336 e. The fraction of sp³-hybridized carbons (Fsp3) is 0.267. The number of thiophene rings is 1. The number of esters is 1. The van der Waals surface area contributed by atoms with Crippen LogP contribution in [0.15, 0.2) is 88.6 Å². The Labute approximate surface area is 219 Å². The minimum atomic E-state index is -0.535. The number of nitrogens with one attached hydrogen (secondary N) is 1. The predicted molar refractivity (Wildman–Crippen MR) is 141 cm³/mol. The van der Waals surface area contributed by atoms with Gasteiger partial charge >= 0.3 is 5.97 Å². The number of carbonyl (C=O) groups is 2. The number of ether oxygens (including phenoxy) is 3. The van der Waals surface area contributed by atoms with E-state index in [0.717, 1.165) is 23.2 Å². The van der Waals surface area contributed by atoms with Crippen LogP contribution in [0, 0.1) is 0 Å². The lowest BCUT2D eigenvalue weighted by molar-refractivity contribution is -0.139. The number of rotatable bonds is 6. The van der Waals surface area contributed by atoms with E-state index in [1.54, 1.807) is 11.3 Å². The molecule has 0 bridgehead atoms. The summed E-state index contributed by atoms with van der Waals surface area (Å²) in [5.41, 5.74) is 4.62. The van der Waals surface area contributed by atoms with E-state index < -0.39 is 11.9 Å². The van der Waals surface area contributed by atoms with E-state index >= 15 is 0 Å². The molecule has 37 heavy (non-hydrogen) atoms.